The van der Waals surface area contributed by atoms with E-state index in [-0.39, 0.29) is 17.7 Å². The minimum absolute atomic E-state index is 0.0428. The second kappa shape index (κ2) is 3.39. The number of carbonyl (C=O) groups excluding carboxylic acids is 1. The van der Waals surface area contributed by atoms with E-state index in [4.69, 9.17) is 0 Å². The summed E-state index contributed by atoms with van der Waals surface area (Å²) >= 11 is 3.52. The number of hydrogen-bond acceptors (Lipinski definition) is 1. The highest BCUT2D eigenvalue weighted by molar-refractivity contribution is 9.10. The second-order valence-corrected chi connectivity index (χ2v) is 4.62. The molecule has 1 aromatic rings. The van der Waals surface area contributed by atoms with E-state index in [1.165, 1.54) is 5.56 Å². The van der Waals surface area contributed by atoms with Crippen LogP contribution in [0.5, 0.6) is 0 Å². The number of nitrogens with one attached hydrogen (secondary N) is 1. The highest BCUT2D eigenvalue weighted by Crippen LogP contribution is 2.39. The number of benzene rings is 1. The first-order valence-corrected chi connectivity index (χ1v) is 5.50. The van der Waals surface area contributed by atoms with Crippen molar-refractivity contribution < 1.29 is 4.79 Å². The Morgan fingerprint density at radius 3 is 2.71 bits per heavy atom. The summed E-state index contributed by atoms with van der Waals surface area (Å²) in [6.45, 7) is 4.05. The van der Waals surface area contributed by atoms with E-state index in [0.717, 1.165) is 10.2 Å². The van der Waals surface area contributed by atoms with Gasteiger partial charge in [-0.25, -0.2) is 0 Å². The van der Waals surface area contributed by atoms with Crippen molar-refractivity contribution in [3.05, 3.63) is 28.2 Å². The molecule has 0 aliphatic carbocycles. The van der Waals surface area contributed by atoms with Crippen molar-refractivity contribution in [2.24, 2.45) is 5.92 Å². The molecular formula is C11H12BrNO. The van der Waals surface area contributed by atoms with E-state index in [2.05, 4.69) is 28.2 Å². The van der Waals surface area contributed by atoms with E-state index in [9.17, 15) is 4.79 Å². The molecule has 1 aliphatic rings. The standard InChI is InChI=1S/C11H12BrNO/c1-6-7(2)11(14)13-9-5-3-4-8(12)10(6)9/h3-7H,1-2H3,(H,13,14). The molecule has 0 saturated carbocycles. The van der Waals surface area contributed by atoms with Crippen LogP contribution in [0.15, 0.2) is 22.7 Å². The molecular weight excluding hydrogens is 242 g/mol. The Bertz CT molecular complexity index is 389. The monoisotopic (exact) mass is 253 g/mol. The molecule has 0 aromatic heterocycles. The van der Waals surface area contributed by atoms with Crippen molar-refractivity contribution in [2.45, 2.75) is 19.8 Å². The summed E-state index contributed by atoms with van der Waals surface area (Å²) < 4.78 is 1.08. The van der Waals surface area contributed by atoms with Crippen molar-refractivity contribution in [3.8, 4) is 0 Å². The first-order valence-electron chi connectivity index (χ1n) is 4.70. The van der Waals surface area contributed by atoms with E-state index >= 15 is 0 Å². The zero-order valence-electron chi connectivity index (χ0n) is 8.17. The van der Waals surface area contributed by atoms with Crippen molar-refractivity contribution in [2.75, 3.05) is 5.32 Å². The van der Waals surface area contributed by atoms with Crippen LogP contribution in [0.3, 0.4) is 0 Å². The molecule has 3 heteroatoms. The minimum Gasteiger partial charge on any atom is -0.326 e. The van der Waals surface area contributed by atoms with Gasteiger partial charge in [-0.2, -0.15) is 0 Å². The average molecular weight is 254 g/mol. The molecule has 2 atom stereocenters. The van der Waals surface area contributed by atoms with Gasteiger partial charge in [-0.3, -0.25) is 4.79 Å². The van der Waals surface area contributed by atoms with Crippen molar-refractivity contribution in [3.63, 3.8) is 0 Å². The molecule has 1 N–H and O–H groups in total. The third kappa shape index (κ3) is 1.36. The number of fused-ring (bicyclic) bond motifs is 1. The van der Waals surface area contributed by atoms with Crippen LogP contribution in [0, 0.1) is 5.92 Å². The maximum atomic E-state index is 11.6. The van der Waals surface area contributed by atoms with Crippen LogP contribution < -0.4 is 5.32 Å². The zero-order valence-corrected chi connectivity index (χ0v) is 9.76. The molecule has 2 rings (SSSR count). The molecule has 0 bridgehead atoms. The maximum Gasteiger partial charge on any atom is 0.227 e. The van der Waals surface area contributed by atoms with E-state index in [1.54, 1.807) is 0 Å². The largest absolute Gasteiger partial charge is 0.326 e. The number of anilines is 1. The molecule has 0 saturated heterocycles. The SMILES string of the molecule is CC1C(=O)Nc2cccc(Br)c2C1C. The molecule has 1 aromatic carbocycles. The smallest absolute Gasteiger partial charge is 0.227 e. The van der Waals surface area contributed by atoms with Gasteiger partial charge >= 0.3 is 0 Å². The maximum absolute atomic E-state index is 11.6. The van der Waals surface area contributed by atoms with E-state index in [0.29, 0.717) is 0 Å². The average Bonchev–Trinajstić information content (AvgIpc) is 2.14. The molecule has 1 heterocycles. The first kappa shape index (κ1) is 9.71. The lowest BCUT2D eigenvalue weighted by Gasteiger charge is -2.29. The van der Waals surface area contributed by atoms with Gasteiger partial charge in [0.25, 0.3) is 0 Å². The topological polar surface area (TPSA) is 29.1 Å². The summed E-state index contributed by atoms with van der Waals surface area (Å²) in [5, 5.41) is 2.91. The fourth-order valence-corrected chi connectivity index (χ4v) is 2.56. The number of carbonyl (C=O) groups is 1. The van der Waals surface area contributed by atoms with Gasteiger partial charge in [0.1, 0.15) is 0 Å². The Morgan fingerprint density at radius 2 is 2.00 bits per heavy atom. The van der Waals surface area contributed by atoms with E-state index < -0.39 is 0 Å². The molecule has 0 fully saturated rings. The van der Waals surface area contributed by atoms with Crippen LogP contribution in [0.25, 0.3) is 0 Å². The molecule has 0 spiro atoms. The Kier molecular flexibility index (Phi) is 2.35. The van der Waals surface area contributed by atoms with Crippen molar-refractivity contribution in [1.82, 2.24) is 0 Å². The van der Waals surface area contributed by atoms with Crippen LogP contribution in [-0.2, 0) is 4.79 Å². The van der Waals surface area contributed by atoms with Crippen LogP contribution in [0.2, 0.25) is 0 Å². The summed E-state index contributed by atoms with van der Waals surface area (Å²) in [4.78, 5) is 11.6. The van der Waals surface area contributed by atoms with Gasteiger partial charge in [-0.1, -0.05) is 35.8 Å². The number of hydrogen-bond donors (Lipinski definition) is 1. The van der Waals surface area contributed by atoms with Gasteiger partial charge < -0.3 is 5.32 Å². The normalized spacial score (nSPS) is 25.5. The third-order valence-electron chi connectivity index (χ3n) is 2.93. The van der Waals surface area contributed by atoms with Gasteiger partial charge in [0, 0.05) is 16.1 Å². The zero-order chi connectivity index (χ0) is 10.3. The number of amides is 1. The first-order chi connectivity index (χ1) is 6.61. The fraction of sp³-hybridized carbons (Fsp3) is 0.364. The van der Waals surface area contributed by atoms with Crippen molar-refractivity contribution in [1.29, 1.82) is 0 Å². The third-order valence-corrected chi connectivity index (χ3v) is 3.62. The number of rotatable bonds is 0. The summed E-state index contributed by atoms with van der Waals surface area (Å²) in [5.41, 5.74) is 2.15. The summed E-state index contributed by atoms with van der Waals surface area (Å²) in [6, 6.07) is 5.89. The van der Waals surface area contributed by atoms with Gasteiger partial charge in [0.15, 0.2) is 0 Å². The van der Waals surface area contributed by atoms with Crippen molar-refractivity contribution >= 4 is 27.5 Å². The molecule has 0 radical (unpaired) electrons. The molecule has 1 amide bonds. The predicted molar refractivity (Wildman–Crippen MR) is 60.4 cm³/mol. The second-order valence-electron chi connectivity index (χ2n) is 3.77. The van der Waals surface area contributed by atoms with Crippen LogP contribution in [0.1, 0.15) is 25.3 Å². The van der Waals surface area contributed by atoms with Crippen LogP contribution in [-0.4, -0.2) is 5.91 Å². The van der Waals surface area contributed by atoms with E-state index in [1.807, 2.05) is 25.1 Å². The quantitative estimate of drug-likeness (QED) is 0.757. The Balaban J connectivity index is 2.56. The summed E-state index contributed by atoms with van der Waals surface area (Å²) in [7, 11) is 0. The van der Waals surface area contributed by atoms with Gasteiger partial charge in [-0.05, 0) is 23.6 Å². The predicted octanol–water partition coefficient (Wildman–Crippen LogP) is 3.14. The highest BCUT2D eigenvalue weighted by Gasteiger charge is 2.30. The lowest BCUT2D eigenvalue weighted by Crippen LogP contribution is -2.30. The van der Waals surface area contributed by atoms with Crippen LogP contribution in [0.4, 0.5) is 5.69 Å². The van der Waals surface area contributed by atoms with Gasteiger partial charge in [-0.15, -0.1) is 0 Å². The molecule has 74 valence electrons. The number of halogens is 1. The lowest BCUT2D eigenvalue weighted by molar-refractivity contribution is -0.120. The summed E-state index contributed by atoms with van der Waals surface area (Å²) in [5.74, 6) is 0.429. The Morgan fingerprint density at radius 1 is 1.29 bits per heavy atom. The van der Waals surface area contributed by atoms with Gasteiger partial charge in [0.2, 0.25) is 5.91 Å². The Hall–Kier alpha value is -0.830. The summed E-state index contributed by atoms with van der Waals surface area (Å²) in [6.07, 6.45) is 0. The minimum atomic E-state index is 0.0428. The fourth-order valence-electron chi connectivity index (χ4n) is 1.83. The molecule has 2 unspecified atom stereocenters. The molecule has 2 nitrogen and oxygen atoms in total. The molecule has 1 aliphatic heterocycles. The molecule has 14 heavy (non-hydrogen) atoms. The van der Waals surface area contributed by atoms with Crippen LogP contribution >= 0.6 is 15.9 Å². The Labute approximate surface area is 91.8 Å². The highest BCUT2D eigenvalue weighted by atomic mass is 79.9. The lowest BCUT2D eigenvalue weighted by atomic mass is 9.84. The van der Waals surface area contributed by atoms with Gasteiger partial charge in [0.05, 0.1) is 0 Å².